The summed E-state index contributed by atoms with van der Waals surface area (Å²) in [7, 11) is 1.72. The van der Waals surface area contributed by atoms with E-state index in [1.807, 2.05) is 13.2 Å². The van der Waals surface area contributed by atoms with Gasteiger partial charge in [0, 0.05) is 18.8 Å². The van der Waals surface area contributed by atoms with Gasteiger partial charge in [0.2, 0.25) is 0 Å². The molecule has 5 nitrogen and oxygen atoms in total. The van der Waals surface area contributed by atoms with Gasteiger partial charge in [0.1, 0.15) is 0 Å². The largest absolute Gasteiger partial charge is 0.481 e. The van der Waals surface area contributed by atoms with Crippen LogP contribution in [0.3, 0.4) is 0 Å². The number of carboxylic acids is 1. The molecule has 0 radical (unpaired) electrons. The Bertz CT molecular complexity index is 343. The number of aliphatic carboxylic acids is 1. The molecule has 0 aromatic rings. The highest BCUT2D eigenvalue weighted by Crippen LogP contribution is 2.30. The van der Waals surface area contributed by atoms with Crippen LogP contribution < -0.4 is 5.32 Å². The van der Waals surface area contributed by atoms with Crippen molar-refractivity contribution in [3.05, 3.63) is 0 Å². The average molecular weight is 290 g/mol. The molecule has 0 aliphatic carbocycles. The highest BCUT2D eigenvalue weighted by molar-refractivity contribution is 7.98. The molecule has 2 amide bonds. The van der Waals surface area contributed by atoms with Crippen molar-refractivity contribution in [2.24, 2.45) is 5.41 Å². The van der Waals surface area contributed by atoms with Crippen LogP contribution in [0.25, 0.3) is 0 Å². The van der Waals surface area contributed by atoms with Crippen LogP contribution >= 0.6 is 11.8 Å². The topological polar surface area (TPSA) is 69.6 Å². The van der Waals surface area contributed by atoms with Crippen LogP contribution in [0.4, 0.5) is 4.79 Å². The second-order valence-electron chi connectivity index (χ2n) is 5.90. The van der Waals surface area contributed by atoms with Crippen molar-refractivity contribution in [2.75, 3.05) is 19.1 Å². The summed E-state index contributed by atoms with van der Waals surface area (Å²) in [5.74, 6) is -0.0928. The first-order chi connectivity index (χ1) is 8.47. The van der Waals surface area contributed by atoms with E-state index < -0.39 is 16.9 Å². The molecule has 0 aromatic carbocycles. The Kier molecular flexibility index (Phi) is 6.19. The maximum Gasteiger partial charge on any atom is 0.317 e. The van der Waals surface area contributed by atoms with E-state index in [1.165, 1.54) is 0 Å². The van der Waals surface area contributed by atoms with Gasteiger partial charge in [-0.05, 0) is 40.9 Å². The molecule has 112 valence electrons. The van der Waals surface area contributed by atoms with Gasteiger partial charge in [-0.3, -0.25) is 4.79 Å². The minimum atomic E-state index is -1.05. The van der Waals surface area contributed by atoms with Gasteiger partial charge >= 0.3 is 12.0 Å². The predicted octanol–water partition coefficient (Wildman–Crippen LogP) is 2.27. The summed E-state index contributed by atoms with van der Waals surface area (Å²) in [6, 6.07) is -0.153. The summed E-state index contributed by atoms with van der Waals surface area (Å²) in [4.78, 5) is 25.1. The fourth-order valence-electron chi connectivity index (χ4n) is 1.33. The monoisotopic (exact) mass is 290 g/mol. The molecule has 0 saturated carbocycles. The molecule has 0 aliphatic rings. The Hall–Kier alpha value is -0.910. The lowest BCUT2D eigenvalue weighted by Crippen LogP contribution is -2.60. The zero-order valence-electron chi connectivity index (χ0n) is 12.9. The Morgan fingerprint density at radius 2 is 1.79 bits per heavy atom. The van der Waals surface area contributed by atoms with Crippen molar-refractivity contribution >= 4 is 23.8 Å². The number of rotatable bonds is 6. The molecule has 0 spiro atoms. The quantitative estimate of drug-likeness (QED) is 0.787. The van der Waals surface area contributed by atoms with Gasteiger partial charge in [0.05, 0.1) is 11.0 Å². The van der Waals surface area contributed by atoms with E-state index in [0.717, 1.165) is 5.75 Å². The van der Waals surface area contributed by atoms with Crippen LogP contribution in [0.5, 0.6) is 0 Å². The average Bonchev–Trinajstić information content (AvgIpc) is 2.27. The van der Waals surface area contributed by atoms with Crippen LogP contribution in [0, 0.1) is 5.41 Å². The lowest BCUT2D eigenvalue weighted by molar-refractivity contribution is -0.150. The molecule has 1 unspecified atom stereocenters. The SMILES string of the molecule is CSCC(C)N(C)C(=O)NC(C)(C)C(C)(C)C(=O)O. The predicted molar refractivity (Wildman–Crippen MR) is 79.6 cm³/mol. The van der Waals surface area contributed by atoms with E-state index in [9.17, 15) is 14.7 Å². The standard InChI is InChI=1S/C13H26N2O3S/c1-9(8-19-7)15(6)11(18)14-13(4,5)12(2,3)10(16)17/h9H,8H2,1-7H3,(H,14,18)(H,16,17). The molecule has 1 atom stereocenters. The fourth-order valence-corrected chi connectivity index (χ4v) is 2.04. The van der Waals surface area contributed by atoms with Gasteiger partial charge in [-0.25, -0.2) is 4.79 Å². The van der Waals surface area contributed by atoms with E-state index in [1.54, 1.807) is 51.4 Å². The Balaban J connectivity index is 4.85. The molecule has 0 saturated heterocycles. The molecule has 0 aliphatic heterocycles. The number of hydrogen-bond acceptors (Lipinski definition) is 3. The van der Waals surface area contributed by atoms with Crippen molar-refractivity contribution in [1.82, 2.24) is 10.2 Å². The van der Waals surface area contributed by atoms with Crippen LogP contribution in [0.15, 0.2) is 0 Å². The number of hydrogen-bond donors (Lipinski definition) is 2. The summed E-state index contributed by atoms with van der Waals surface area (Å²) in [6.45, 7) is 8.64. The number of amides is 2. The minimum absolute atomic E-state index is 0.0961. The van der Waals surface area contributed by atoms with Crippen LogP contribution in [-0.2, 0) is 4.79 Å². The number of urea groups is 1. The molecule has 0 rings (SSSR count). The van der Waals surface area contributed by atoms with Crippen LogP contribution in [0.2, 0.25) is 0 Å². The normalized spacial score (nSPS) is 13.8. The molecular formula is C13H26N2O3S. The first-order valence-electron chi connectivity index (χ1n) is 6.24. The number of carbonyl (C=O) groups excluding carboxylic acids is 1. The number of thioether (sulfide) groups is 1. The first kappa shape index (κ1) is 18.1. The Morgan fingerprint density at radius 3 is 2.16 bits per heavy atom. The van der Waals surface area contributed by atoms with Gasteiger partial charge in [-0.15, -0.1) is 0 Å². The van der Waals surface area contributed by atoms with E-state index in [2.05, 4.69) is 5.32 Å². The first-order valence-corrected chi connectivity index (χ1v) is 7.64. The molecule has 0 aromatic heterocycles. The number of nitrogens with zero attached hydrogens (tertiary/aromatic N) is 1. The van der Waals surface area contributed by atoms with E-state index in [4.69, 9.17) is 0 Å². The number of carbonyl (C=O) groups is 2. The van der Waals surface area contributed by atoms with Gasteiger partial charge in [0.15, 0.2) is 0 Å². The third-order valence-corrected chi connectivity index (χ3v) is 4.72. The molecule has 0 heterocycles. The summed E-state index contributed by atoms with van der Waals surface area (Å²) in [6.07, 6.45) is 1.99. The molecule has 2 N–H and O–H groups in total. The second-order valence-corrected chi connectivity index (χ2v) is 6.81. The van der Waals surface area contributed by atoms with Gasteiger partial charge < -0.3 is 15.3 Å². The molecule has 6 heteroatoms. The van der Waals surface area contributed by atoms with Crippen molar-refractivity contribution in [1.29, 1.82) is 0 Å². The van der Waals surface area contributed by atoms with E-state index in [-0.39, 0.29) is 12.1 Å². The second kappa shape index (κ2) is 6.50. The maximum atomic E-state index is 12.2. The third kappa shape index (κ3) is 4.30. The van der Waals surface area contributed by atoms with Crippen LogP contribution in [0.1, 0.15) is 34.6 Å². The molecule has 0 fully saturated rings. The molecule has 0 bridgehead atoms. The summed E-state index contributed by atoms with van der Waals surface area (Å²) < 4.78 is 0. The molecule has 19 heavy (non-hydrogen) atoms. The van der Waals surface area contributed by atoms with Crippen LogP contribution in [-0.4, -0.2) is 52.6 Å². The minimum Gasteiger partial charge on any atom is -0.481 e. The lowest BCUT2D eigenvalue weighted by Gasteiger charge is -2.40. The van der Waals surface area contributed by atoms with Gasteiger partial charge in [-0.1, -0.05) is 0 Å². The Labute approximate surface area is 120 Å². The summed E-state index contributed by atoms with van der Waals surface area (Å²) in [5, 5.41) is 12.1. The van der Waals surface area contributed by atoms with Crippen molar-refractivity contribution < 1.29 is 14.7 Å². The highest BCUT2D eigenvalue weighted by atomic mass is 32.2. The van der Waals surface area contributed by atoms with Crippen molar-refractivity contribution in [2.45, 2.75) is 46.2 Å². The number of carboxylic acid groups (broad SMARTS) is 1. The zero-order chi connectivity index (χ0) is 15.4. The lowest BCUT2D eigenvalue weighted by atomic mass is 9.74. The van der Waals surface area contributed by atoms with Crippen molar-refractivity contribution in [3.8, 4) is 0 Å². The fraction of sp³-hybridized carbons (Fsp3) is 0.846. The number of nitrogens with one attached hydrogen (secondary N) is 1. The zero-order valence-corrected chi connectivity index (χ0v) is 13.7. The van der Waals surface area contributed by atoms with E-state index in [0.29, 0.717) is 0 Å². The smallest absolute Gasteiger partial charge is 0.317 e. The highest BCUT2D eigenvalue weighted by Gasteiger charge is 2.44. The van der Waals surface area contributed by atoms with Gasteiger partial charge in [0.25, 0.3) is 0 Å². The molecular weight excluding hydrogens is 264 g/mol. The summed E-state index contributed by atoms with van der Waals surface area (Å²) in [5.41, 5.74) is -1.89. The Morgan fingerprint density at radius 1 is 1.32 bits per heavy atom. The summed E-state index contributed by atoms with van der Waals surface area (Å²) >= 11 is 1.67. The van der Waals surface area contributed by atoms with E-state index >= 15 is 0 Å². The maximum absolute atomic E-state index is 12.2. The van der Waals surface area contributed by atoms with Crippen molar-refractivity contribution in [3.63, 3.8) is 0 Å². The van der Waals surface area contributed by atoms with Gasteiger partial charge in [-0.2, -0.15) is 11.8 Å². The third-order valence-electron chi connectivity index (χ3n) is 3.91.